The zero-order chi connectivity index (χ0) is 8.43. The predicted molar refractivity (Wildman–Crippen MR) is 73.7 cm³/mol. The van der Waals surface area contributed by atoms with Gasteiger partial charge in [-0.05, 0) is 91.9 Å². The molecule has 0 saturated carbocycles. The fourth-order valence-corrected chi connectivity index (χ4v) is 5.03. The van der Waals surface area contributed by atoms with E-state index < -0.39 is 0 Å². The van der Waals surface area contributed by atoms with Gasteiger partial charge >= 0.3 is 0 Å². The van der Waals surface area contributed by atoms with Crippen molar-refractivity contribution in [1.29, 1.82) is 0 Å². The molecule has 0 aliphatic heterocycles. The monoisotopic (exact) mass is 483 g/mol. The van der Waals surface area contributed by atoms with Crippen molar-refractivity contribution in [2.45, 2.75) is 6.92 Å². The number of halogens is 3. The summed E-state index contributed by atoms with van der Waals surface area (Å²) in [4.78, 5) is 0. The molecule has 1 aromatic carbocycles. The minimum Gasteiger partial charge on any atom is -0.0578 e. The molecule has 0 atom stereocenters. The molecule has 3 heteroatoms. The second-order valence-corrected chi connectivity index (χ2v) is 5.64. The molecule has 1 aromatic rings. The number of hydrogen-bond acceptors (Lipinski definition) is 0. The number of rotatable bonds is 1. The molecule has 0 heterocycles. The van der Waals surface area contributed by atoms with Crippen LogP contribution < -0.4 is 0 Å². The summed E-state index contributed by atoms with van der Waals surface area (Å²) in [6.45, 7) is 2.08. The molecular weight excluding hydrogens is 477 g/mol. The molecule has 1 rings (SSSR count). The van der Waals surface area contributed by atoms with Crippen molar-refractivity contribution < 1.29 is 0 Å². The normalized spacial score (nSPS) is 10.2. The van der Waals surface area contributed by atoms with Crippen LogP contribution in [-0.2, 0) is 0 Å². The van der Waals surface area contributed by atoms with Gasteiger partial charge in [-0.3, -0.25) is 0 Å². The summed E-state index contributed by atoms with van der Waals surface area (Å²) < 4.78 is 3.98. The van der Waals surface area contributed by atoms with Crippen LogP contribution in [0, 0.1) is 17.1 Å². The SMILES string of the molecule is C[CH]c1c(I)cc(I)cc1I. The van der Waals surface area contributed by atoms with Crippen LogP contribution >= 0.6 is 67.8 Å². The number of benzene rings is 1. The Hall–Kier alpha value is 1.41. The Labute approximate surface area is 108 Å². The van der Waals surface area contributed by atoms with Gasteiger partial charge in [-0.1, -0.05) is 6.92 Å². The zero-order valence-corrected chi connectivity index (χ0v) is 12.3. The van der Waals surface area contributed by atoms with E-state index in [4.69, 9.17) is 0 Å². The highest BCUT2D eigenvalue weighted by molar-refractivity contribution is 14.1. The summed E-state index contributed by atoms with van der Waals surface area (Å²) in [5, 5.41) is 0. The molecule has 0 saturated heterocycles. The topological polar surface area (TPSA) is 0 Å². The standard InChI is InChI=1S/C8H6I3/c1-2-6-7(10)3-5(9)4-8(6)11/h2-4H,1H3. The van der Waals surface area contributed by atoms with Gasteiger partial charge in [0.15, 0.2) is 0 Å². The maximum Gasteiger partial charge on any atom is 0.0186 e. The molecule has 0 N–H and O–H groups in total. The maximum absolute atomic E-state index is 2.37. The smallest absolute Gasteiger partial charge is 0.0186 e. The van der Waals surface area contributed by atoms with Crippen molar-refractivity contribution in [3.8, 4) is 0 Å². The summed E-state index contributed by atoms with van der Waals surface area (Å²) in [5.74, 6) is 0. The van der Waals surface area contributed by atoms with Crippen LogP contribution in [0.5, 0.6) is 0 Å². The highest BCUT2D eigenvalue weighted by Gasteiger charge is 2.03. The van der Waals surface area contributed by atoms with E-state index in [1.54, 1.807) is 0 Å². The average molecular weight is 483 g/mol. The van der Waals surface area contributed by atoms with Crippen LogP contribution in [0.15, 0.2) is 12.1 Å². The fourth-order valence-electron chi connectivity index (χ4n) is 0.829. The minimum absolute atomic E-state index is 1.31. The van der Waals surface area contributed by atoms with Gasteiger partial charge in [-0.15, -0.1) is 0 Å². The van der Waals surface area contributed by atoms with E-state index in [1.807, 2.05) is 0 Å². The lowest BCUT2D eigenvalue weighted by Crippen LogP contribution is -1.90. The lowest BCUT2D eigenvalue weighted by Gasteiger charge is -2.04. The van der Waals surface area contributed by atoms with E-state index in [9.17, 15) is 0 Å². The van der Waals surface area contributed by atoms with E-state index >= 15 is 0 Å². The van der Waals surface area contributed by atoms with E-state index in [2.05, 4.69) is 93.2 Å². The molecule has 0 fully saturated rings. The van der Waals surface area contributed by atoms with Crippen LogP contribution in [0.1, 0.15) is 12.5 Å². The van der Waals surface area contributed by atoms with Gasteiger partial charge in [0.05, 0.1) is 0 Å². The molecule has 0 amide bonds. The molecule has 59 valence electrons. The van der Waals surface area contributed by atoms with E-state index in [1.165, 1.54) is 16.3 Å². The molecule has 1 radical (unpaired) electrons. The third-order valence-electron chi connectivity index (χ3n) is 1.33. The summed E-state index contributed by atoms with van der Waals surface area (Å²) in [7, 11) is 0. The Morgan fingerprint density at radius 2 is 1.55 bits per heavy atom. The van der Waals surface area contributed by atoms with Gasteiger partial charge in [0, 0.05) is 10.7 Å². The molecule has 0 aromatic heterocycles. The Kier molecular flexibility index (Phi) is 4.38. The second-order valence-electron chi connectivity index (χ2n) is 2.07. The highest BCUT2D eigenvalue weighted by Crippen LogP contribution is 2.23. The molecule has 0 unspecified atom stereocenters. The Balaban J connectivity index is 3.25. The molecule has 0 spiro atoms. The molecule has 0 aliphatic rings. The third kappa shape index (κ3) is 2.68. The van der Waals surface area contributed by atoms with Crippen molar-refractivity contribution in [3.05, 3.63) is 34.8 Å². The fraction of sp³-hybridized carbons (Fsp3) is 0.125. The first-order valence-corrected chi connectivity index (χ1v) is 6.32. The molecule has 0 aliphatic carbocycles. The van der Waals surface area contributed by atoms with E-state index in [-0.39, 0.29) is 0 Å². The van der Waals surface area contributed by atoms with Crippen molar-refractivity contribution in [2.24, 2.45) is 0 Å². The maximum atomic E-state index is 2.37. The van der Waals surface area contributed by atoms with Crippen molar-refractivity contribution in [3.63, 3.8) is 0 Å². The van der Waals surface area contributed by atoms with Crippen LogP contribution in [0.3, 0.4) is 0 Å². The molecule has 0 bridgehead atoms. The predicted octanol–water partition coefficient (Wildman–Crippen LogP) is 4.07. The summed E-state index contributed by atoms with van der Waals surface area (Å²) in [6.07, 6.45) is 2.15. The first kappa shape index (κ1) is 10.5. The summed E-state index contributed by atoms with van der Waals surface area (Å²) >= 11 is 7.08. The van der Waals surface area contributed by atoms with Gasteiger partial charge in [0.2, 0.25) is 0 Å². The van der Waals surface area contributed by atoms with Crippen molar-refractivity contribution >= 4 is 67.8 Å². The Bertz CT molecular complexity index is 245. The lowest BCUT2D eigenvalue weighted by molar-refractivity contribution is 1.35. The van der Waals surface area contributed by atoms with Crippen LogP contribution in [-0.4, -0.2) is 0 Å². The van der Waals surface area contributed by atoms with Gasteiger partial charge in [0.25, 0.3) is 0 Å². The summed E-state index contributed by atoms with van der Waals surface area (Å²) in [5.41, 5.74) is 1.35. The van der Waals surface area contributed by atoms with E-state index in [0.717, 1.165) is 0 Å². The van der Waals surface area contributed by atoms with Gasteiger partial charge in [-0.25, -0.2) is 0 Å². The Morgan fingerprint density at radius 1 is 1.09 bits per heavy atom. The average Bonchev–Trinajstić information content (AvgIpc) is 1.85. The van der Waals surface area contributed by atoms with Crippen LogP contribution in [0.2, 0.25) is 0 Å². The van der Waals surface area contributed by atoms with Crippen molar-refractivity contribution in [2.75, 3.05) is 0 Å². The molecule has 0 nitrogen and oxygen atoms in total. The van der Waals surface area contributed by atoms with Crippen molar-refractivity contribution in [1.82, 2.24) is 0 Å². The molecular formula is C8H6I3. The second kappa shape index (κ2) is 4.59. The van der Waals surface area contributed by atoms with Gasteiger partial charge in [0.1, 0.15) is 0 Å². The first-order chi connectivity index (χ1) is 5.15. The third-order valence-corrected chi connectivity index (χ3v) is 3.74. The minimum atomic E-state index is 1.31. The lowest BCUT2D eigenvalue weighted by atomic mass is 10.2. The van der Waals surface area contributed by atoms with Crippen LogP contribution in [0.4, 0.5) is 0 Å². The molecule has 11 heavy (non-hydrogen) atoms. The quantitative estimate of drug-likeness (QED) is 0.529. The zero-order valence-electron chi connectivity index (χ0n) is 5.87. The highest BCUT2D eigenvalue weighted by atomic mass is 127. The van der Waals surface area contributed by atoms with Gasteiger partial charge < -0.3 is 0 Å². The largest absolute Gasteiger partial charge is 0.0578 e. The summed E-state index contributed by atoms with van der Waals surface area (Å²) in [6, 6.07) is 4.39. The first-order valence-electron chi connectivity index (χ1n) is 3.09. The Morgan fingerprint density at radius 3 is 1.91 bits per heavy atom. The van der Waals surface area contributed by atoms with E-state index in [0.29, 0.717) is 0 Å². The van der Waals surface area contributed by atoms with Gasteiger partial charge in [-0.2, -0.15) is 0 Å². The number of hydrogen-bond donors (Lipinski definition) is 0. The van der Waals surface area contributed by atoms with Crippen LogP contribution in [0.25, 0.3) is 0 Å².